The maximum Gasteiger partial charge on any atom is 0.0832 e. The zero-order valence-electron chi connectivity index (χ0n) is 22.5. The molecule has 1 nitrogen and oxygen atoms in total. The van der Waals surface area contributed by atoms with Gasteiger partial charge >= 0.3 is 0 Å². The number of hydrogen-bond acceptors (Lipinski definition) is 1. The predicted molar refractivity (Wildman–Crippen MR) is 155 cm³/mol. The van der Waals surface area contributed by atoms with Gasteiger partial charge in [-0.15, -0.1) is 0 Å². The molecule has 1 aliphatic carbocycles. The molecule has 0 saturated heterocycles. The van der Waals surface area contributed by atoms with Crippen molar-refractivity contribution < 1.29 is 0 Å². The van der Waals surface area contributed by atoms with Gasteiger partial charge in [-0.05, 0) is 89.6 Å². The molecule has 0 heterocycles. The van der Waals surface area contributed by atoms with Gasteiger partial charge in [0.2, 0.25) is 0 Å². The smallest absolute Gasteiger partial charge is 0.0832 e. The SMILES string of the molecule is Cc1cc(Cl)c(Cl)c(N(C2=CCc3ccc(C(C)(C)C)cc32)c2c(C)cc(C(C)(C)C)cc2C)c1. The van der Waals surface area contributed by atoms with E-state index in [1.165, 1.54) is 44.8 Å². The first-order valence-electron chi connectivity index (χ1n) is 12.4. The van der Waals surface area contributed by atoms with Gasteiger partial charge in [0.05, 0.1) is 27.1 Å². The lowest BCUT2D eigenvalue weighted by atomic mass is 9.84. The van der Waals surface area contributed by atoms with E-state index in [9.17, 15) is 0 Å². The van der Waals surface area contributed by atoms with Gasteiger partial charge in [-0.25, -0.2) is 0 Å². The molecule has 0 radical (unpaired) electrons. The summed E-state index contributed by atoms with van der Waals surface area (Å²) < 4.78 is 0. The van der Waals surface area contributed by atoms with Crippen LogP contribution in [0, 0.1) is 20.8 Å². The number of nitrogens with zero attached hydrogens (tertiary/aromatic N) is 1. The maximum atomic E-state index is 6.93. The lowest BCUT2D eigenvalue weighted by molar-refractivity contribution is 0.589. The lowest BCUT2D eigenvalue weighted by Gasteiger charge is -2.33. The fourth-order valence-electron chi connectivity index (χ4n) is 4.97. The lowest BCUT2D eigenvalue weighted by Crippen LogP contribution is -2.20. The van der Waals surface area contributed by atoms with Gasteiger partial charge in [0.25, 0.3) is 0 Å². The van der Waals surface area contributed by atoms with Gasteiger partial charge in [-0.3, -0.25) is 0 Å². The first-order valence-corrected chi connectivity index (χ1v) is 13.2. The Morgan fingerprint density at radius 1 is 0.743 bits per heavy atom. The topological polar surface area (TPSA) is 3.24 Å². The summed E-state index contributed by atoms with van der Waals surface area (Å²) in [5, 5.41) is 1.16. The molecule has 0 spiro atoms. The van der Waals surface area contributed by atoms with Crippen molar-refractivity contribution in [3.8, 4) is 0 Å². The van der Waals surface area contributed by atoms with Crippen molar-refractivity contribution in [3.05, 3.63) is 97.5 Å². The van der Waals surface area contributed by atoms with E-state index in [1.807, 2.05) is 6.07 Å². The number of rotatable bonds is 3. The average Bonchev–Trinajstić information content (AvgIpc) is 3.15. The van der Waals surface area contributed by atoms with E-state index in [4.69, 9.17) is 23.2 Å². The van der Waals surface area contributed by atoms with Crippen LogP contribution in [0.4, 0.5) is 11.4 Å². The number of halogens is 2. The number of allylic oxidation sites excluding steroid dienone is 1. The summed E-state index contributed by atoms with van der Waals surface area (Å²) in [6.07, 6.45) is 3.24. The monoisotopic (exact) mass is 505 g/mol. The minimum Gasteiger partial charge on any atom is -0.308 e. The van der Waals surface area contributed by atoms with Crippen LogP contribution in [0.2, 0.25) is 10.0 Å². The Kier molecular flexibility index (Phi) is 6.66. The zero-order chi connectivity index (χ0) is 25.9. The number of hydrogen-bond donors (Lipinski definition) is 0. The number of fused-ring (bicyclic) bond motifs is 1. The first-order chi connectivity index (χ1) is 16.2. The van der Waals surface area contributed by atoms with Crippen LogP contribution in [-0.2, 0) is 17.3 Å². The summed E-state index contributed by atoms with van der Waals surface area (Å²) >= 11 is 13.6. The molecule has 0 atom stereocenters. The highest BCUT2D eigenvalue weighted by Crippen LogP contribution is 2.47. The summed E-state index contributed by atoms with van der Waals surface area (Å²) in [5.74, 6) is 0. The molecule has 0 N–H and O–H groups in total. The molecule has 3 heteroatoms. The van der Waals surface area contributed by atoms with Crippen molar-refractivity contribution in [2.24, 2.45) is 0 Å². The van der Waals surface area contributed by atoms with Crippen molar-refractivity contribution >= 4 is 40.3 Å². The molecule has 0 aliphatic heterocycles. The van der Waals surface area contributed by atoms with E-state index in [0.717, 1.165) is 17.7 Å². The number of benzene rings is 3. The molecular formula is C32H37Cl2N. The molecule has 1 aliphatic rings. The molecular weight excluding hydrogens is 469 g/mol. The van der Waals surface area contributed by atoms with Gasteiger partial charge in [0.15, 0.2) is 0 Å². The van der Waals surface area contributed by atoms with E-state index in [1.54, 1.807) is 0 Å². The molecule has 0 unspecified atom stereocenters. The highest BCUT2D eigenvalue weighted by Gasteiger charge is 2.29. The largest absolute Gasteiger partial charge is 0.308 e. The molecule has 3 aromatic carbocycles. The zero-order valence-corrected chi connectivity index (χ0v) is 24.0. The maximum absolute atomic E-state index is 6.93. The van der Waals surface area contributed by atoms with Crippen LogP contribution in [0.5, 0.6) is 0 Å². The van der Waals surface area contributed by atoms with Crippen LogP contribution in [0.15, 0.2) is 48.5 Å². The summed E-state index contributed by atoms with van der Waals surface area (Å²) in [5.41, 5.74) is 12.2. The third-order valence-corrected chi connectivity index (χ3v) is 7.78. The van der Waals surface area contributed by atoms with Gasteiger partial charge < -0.3 is 4.90 Å². The van der Waals surface area contributed by atoms with Crippen LogP contribution in [-0.4, -0.2) is 0 Å². The Morgan fingerprint density at radius 2 is 1.34 bits per heavy atom. The van der Waals surface area contributed by atoms with E-state index in [0.29, 0.717) is 10.0 Å². The minimum absolute atomic E-state index is 0.0675. The highest BCUT2D eigenvalue weighted by molar-refractivity contribution is 6.44. The van der Waals surface area contributed by atoms with Crippen LogP contribution < -0.4 is 4.90 Å². The molecule has 35 heavy (non-hydrogen) atoms. The molecule has 4 rings (SSSR count). The molecule has 0 amide bonds. The summed E-state index contributed by atoms with van der Waals surface area (Å²) in [4.78, 5) is 2.34. The Bertz CT molecular complexity index is 1310. The summed E-state index contributed by atoms with van der Waals surface area (Å²) in [7, 11) is 0. The Balaban J connectivity index is 2.01. The van der Waals surface area contributed by atoms with E-state index in [-0.39, 0.29) is 10.8 Å². The Hall–Kier alpha value is -2.22. The van der Waals surface area contributed by atoms with Crippen LogP contribution in [0.25, 0.3) is 5.70 Å². The van der Waals surface area contributed by atoms with E-state index in [2.05, 4.69) is 110 Å². The van der Waals surface area contributed by atoms with Crippen molar-refractivity contribution in [2.75, 3.05) is 4.90 Å². The van der Waals surface area contributed by atoms with Crippen molar-refractivity contribution in [2.45, 2.75) is 79.6 Å². The van der Waals surface area contributed by atoms with E-state index >= 15 is 0 Å². The summed E-state index contributed by atoms with van der Waals surface area (Å²) in [6, 6.07) is 15.6. The molecule has 3 aromatic rings. The summed E-state index contributed by atoms with van der Waals surface area (Å²) in [6.45, 7) is 20.1. The Labute approximate surface area is 221 Å². The normalized spacial score (nSPS) is 13.6. The first kappa shape index (κ1) is 25.9. The Morgan fingerprint density at radius 3 is 1.91 bits per heavy atom. The molecule has 0 saturated carbocycles. The number of anilines is 2. The van der Waals surface area contributed by atoms with Gasteiger partial charge in [0.1, 0.15) is 0 Å². The van der Waals surface area contributed by atoms with Crippen LogP contribution >= 0.6 is 23.2 Å². The van der Waals surface area contributed by atoms with Crippen LogP contribution in [0.3, 0.4) is 0 Å². The third kappa shape index (κ3) is 4.91. The van der Waals surface area contributed by atoms with Crippen molar-refractivity contribution in [3.63, 3.8) is 0 Å². The molecule has 0 fully saturated rings. The number of aryl methyl sites for hydroxylation is 3. The molecule has 184 valence electrons. The second-order valence-electron chi connectivity index (χ2n) is 12.0. The van der Waals surface area contributed by atoms with Crippen molar-refractivity contribution in [1.29, 1.82) is 0 Å². The minimum atomic E-state index is 0.0675. The third-order valence-electron chi connectivity index (χ3n) is 6.98. The second-order valence-corrected chi connectivity index (χ2v) is 12.8. The van der Waals surface area contributed by atoms with Gasteiger partial charge in [0, 0.05) is 5.56 Å². The molecule has 0 aromatic heterocycles. The second kappa shape index (κ2) is 9.02. The quantitative estimate of drug-likeness (QED) is 0.342. The van der Waals surface area contributed by atoms with E-state index < -0.39 is 0 Å². The fourth-order valence-corrected chi connectivity index (χ4v) is 5.43. The average molecular weight is 507 g/mol. The predicted octanol–water partition coefficient (Wildman–Crippen LogP) is 10.2. The standard InChI is InChI=1S/C32H37Cl2N/c1-19-14-26(33)29(34)28(15-19)35(30-20(2)16-24(17-21(30)3)32(7,8)9)27-13-11-22-10-12-23(18-25(22)27)31(4,5)6/h10,12-18H,11H2,1-9H3. The fraction of sp³-hybridized carbons (Fsp3) is 0.375. The highest BCUT2D eigenvalue weighted by atomic mass is 35.5. The van der Waals surface area contributed by atoms with Crippen LogP contribution in [0.1, 0.15) is 80.5 Å². The van der Waals surface area contributed by atoms with Gasteiger partial charge in [-0.2, -0.15) is 0 Å². The molecule has 0 bridgehead atoms. The van der Waals surface area contributed by atoms with Gasteiger partial charge in [-0.1, -0.05) is 95.1 Å². The van der Waals surface area contributed by atoms with Crippen molar-refractivity contribution in [1.82, 2.24) is 0 Å².